The van der Waals surface area contributed by atoms with Crippen LogP contribution in [0.25, 0.3) is 0 Å². The summed E-state index contributed by atoms with van der Waals surface area (Å²) in [5.74, 6) is 2.46. The zero-order valence-corrected chi connectivity index (χ0v) is 11.2. The lowest BCUT2D eigenvalue weighted by Crippen LogP contribution is -2.22. The van der Waals surface area contributed by atoms with Crippen LogP contribution < -0.4 is 5.32 Å². The van der Waals surface area contributed by atoms with Crippen LogP contribution in [0.2, 0.25) is 0 Å². The average Bonchev–Trinajstić information content (AvgIpc) is 2.16. The molecule has 0 fully saturated rings. The maximum Gasteiger partial charge on any atom is 0.0329 e. The molecule has 0 aliphatic rings. The van der Waals surface area contributed by atoms with Crippen LogP contribution >= 0.6 is 11.8 Å². The molecular weight excluding hydrogens is 214 g/mol. The second kappa shape index (κ2) is 9.99. The van der Waals surface area contributed by atoms with E-state index in [0.717, 1.165) is 19.5 Å². The quantitative estimate of drug-likeness (QED) is 0.621. The van der Waals surface area contributed by atoms with Crippen LogP contribution in [0.4, 0.5) is 0 Å². The Kier molecular flexibility index (Phi) is 10.3. The first kappa shape index (κ1) is 14.5. The van der Waals surface area contributed by atoms with E-state index in [1.165, 1.54) is 17.9 Å². The molecule has 0 aliphatic heterocycles. The summed E-state index contributed by atoms with van der Waals surface area (Å²) in [5.41, 5.74) is 0. The average molecular weight is 237 g/mol. The fraction of sp³-hybridized carbons (Fsp3) is 1.00. The molecule has 2 nitrogen and oxygen atoms in total. The van der Waals surface area contributed by atoms with Crippen molar-refractivity contribution in [3.63, 3.8) is 0 Å². The summed E-state index contributed by atoms with van der Waals surface area (Å²) in [4.78, 5) is 0. The van der Waals surface area contributed by atoms with Crippen molar-refractivity contribution < 1.29 is 4.21 Å². The summed E-state index contributed by atoms with van der Waals surface area (Å²) in [6.07, 6.45) is 4.04. The standard InChI is InChI=1S/C10H23NOS2/c1-4-13-9-5-7-11-8-6-10(2)14(3)12/h10-11H,4-9H2,1-3H3. The van der Waals surface area contributed by atoms with Gasteiger partial charge in [-0.15, -0.1) is 0 Å². The van der Waals surface area contributed by atoms with Crippen molar-refractivity contribution in [3.8, 4) is 0 Å². The summed E-state index contributed by atoms with van der Waals surface area (Å²) in [6, 6.07) is 0. The third kappa shape index (κ3) is 9.03. The van der Waals surface area contributed by atoms with Crippen LogP contribution in [-0.4, -0.2) is 40.3 Å². The zero-order valence-electron chi connectivity index (χ0n) is 9.54. The van der Waals surface area contributed by atoms with Gasteiger partial charge in [0.25, 0.3) is 0 Å². The van der Waals surface area contributed by atoms with Gasteiger partial charge in [0.15, 0.2) is 0 Å². The van der Waals surface area contributed by atoms with Gasteiger partial charge >= 0.3 is 0 Å². The zero-order chi connectivity index (χ0) is 10.8. The Hall–Kier alpha value is 0.460. The summed E-state index contributed by atoms with van der Waals surface area (Å²) in [7, 11) is -0.665. The van der Waals surface area contributed by atoms with Crippen molar-refractivity contribution in [2.45, 2.75) is 31.9 Å². The van der Waals surface area contributed by atoms with E-state index in [1.807, 2.05) is 18.7 Å². The Morgan fingerprint density at radius 1 is 1.43 bits per heavy atom. The van der Waals surface area contributed by atoms with Crippen LogP contribution in [0.15, 0.2) is 0 Å². The van der Waals surface area contributed by atoms with Crippen LogP contribution in [0.1, 0.15) is 26.7 Å². The predicted molar refractivity (Wildman–Crippen MR) is 68.6 cm³/mol. The summed E-state index contributed by atoms with van der Waals surface area (Å²) < 4.78 is 11.0. The monoisotopic (exact) mass is 237 g/mol. The lowest BCUT2D eigenvalue weighted by molar-refractivity contribution is 0.625. The van der Waals surface area contributed by atoms with Gasteiger partial charge in [-0.2, -0.15) is 11.8 Å². The van der Waals surface area contributed by atoms with Crippen LogP contribution in [0, 0.1) is 0 Å². The Balaban J connectivity index is 3.09. The van der Waals surface area contributed by atoms with Crippen molar-refractivity contribution in [1.82, 2.24) is 5.32 Å². The van der Waals surface area contributed by atoms with E-state index in [4.69, 9.17) is 0 Å². The molecule has 0 saturated carbocycles. The van der Waals surface area contributed by atoms with Gasteiger partial charge in [0, 0.05) is 22.3 Å². The number of rotatable bonds is 9. The molecule has 0 rings (SSSR count). The number of thioether (sulfide) groups is 1. The predicted octanol–water partition coefficient (Wildman–Crippen LogP) is 1.88. The Morgan fingerprint density at radius 3 is 2.71 bits per heavy atom. The Bertz CT molecular complexity index is 153. The fourth-order valence-electron chi connectivity index (χ4n) is 1.04. The van der Waals surface area contributed by atoms with E-state index < -0.39 is 10.8 Å². The maximum atomic E-state index is 11.0. The molecule has 2 unspecified atom stereocenters. The lowest BCUT2D eigenvalue weighted by Gasteiger charge is -2.08. The molecule has 14 heavy (non-hydrogen) atoms. The van der Waals surface area contributed by atoms with Gasteiger partial charge in [0.2, 0.25) is 0 Å². The summed E-state index contributed by atoms with van der Waals surface area (Å²) in [5, 5.41) is 3.71. The molecule has 0 saturated heterocycles. The van der Waals surface area contributed by atoms with Gasteiger partial charge in [-0.25, -0.2) is 0 Å². The van der Waals surface area contributed by atoms with E-state index in [-0.39, 0.29) is 0 Å². The molecule has 0 aliphatic carbocycles. The first-order valence-corrected chi connectivity index (χ1v) is 8.06. The second-order valence-electron chi connectivity index (χ2n) is 3.40. The first-order valence-electron chi connectivity index (χ1n) is 5.29. The molecule has 1 N–H and O–H groups in total. The van der Waals surface area contributed by atoms with Crippen LogP contribution in [0.3, 0.4) is 0 Å². The van der Waals surface area contributed by atoms with Crippen LogP contribution in [-0.2, 0) is 10.8 Å². The van der Waals surface area contributed by atoms with Crippen molar-refractivity contribution >= 4 is 22.6 Å². The second-order valence-corrected chi connectivity index (χ2v) is 6.59. The molecule has 2 atom stereocenters. The van der Waals surface area contributed by atoms with Crippen LogP contribution in [0.5, 0.6) is 0 Å². The van der Waals surface area contributed by atoms with E-state index in [2.05, 4.69) is 12.2 Å². The smallest absolute Gasteiger partial charge is 0.0329 e. The third-order valence-corrected chi connectivity index (χ3v) is 4.50. The Morgan fingerprint density at radius 2 is 2.14 bits per heavy atom. The minimum absolute atomic E-state index is 0.326. The lowest BCUT2D eigenvalue weighted by atomic mass is 10.3. The molecule has 0 aromatic rings. The molecule has 4 heteroatoms. The molecule has 0 aromatic carbocycles. The summed E-state index contributed by atoms with van der Waals surface area (Å²) >= 11 is 1.99. The minimum Gasteiger partial charge on any atom is -0.317 e. The van der Waals surface area contributed by atoms with E-state index in [0.29, 0.717) is 5.25 Å². The van der Waals surface area contributed by atoms with Gasteiger partial charge in [0.05, 0.1) is 0 Å². The molecule has 86 valence electrons. The molecule has 0 heterocycles. The largest absolute Gasteiger partial charge is 0.317 e. The van der Waals surface area contributed by atoms with Gasteiger partial charge in [-0.05, 0) is 37.4 Å². The molecule has 0 bridgehead atoms. The van der Waals surface area contributed by atoms with Gasteiger partial charge in [-0.3, -0.25) is 4.21 Å². The number of hydrogen-bond donors (Lipinski definition) is 1. The summed E-state index contributed by atoms with van der Waals surface area (Å²) in [6.45, 7) is 6.33. The van der Waals surface area contributed by atoms with E-state index in [1.54, 1.807) is 6.26 Å². The highest BCUT2D eigenvalue weighted by molar-refractivity contribution is 7.99. The first-order chi connectivity index (χ1) is 6.68. The number of nitrogens with one attached hydrogen (secondary N) is 1. The topological polar surface area (TPSA) is 29.1 Å². The minimum atomic E-state index is -0.665. The molecule has 0 radical (unpaired) electrons. The maximum absolute atomic E-state index is 11.0. The van der Waals surface area contributed by atoms with Crippen molar-refractivity contribution in [1.29, 1.82) is 0 Å². The van der Waals surface area contributed by atoms with Gasteiger partial charge in [-0.1, -0.05) is 13.8 Å². The molecule has 0 amide bonds. The highest BCUT2D eigenvalue weighted by atomic mass is 32.2. The van der Waals surface area contributed by atoms with Crippen molar-refractivity contribution in [2.24, 2.45) is 0 Å². The Labute approximate surface area is 95.1 Å². The van der Waals surface area contributed by atoms with E-state index >= 15 is 0 Å². The van der Waals surface area contributed by atoms with Crippen molar-refractivity contribution in [3.05, 3.63) is 0 Å². The van der Waals surface area contributed by atoms with Crippen molar-refractivity contribution in [2.75, 3.05) is 30.9 Å². The van der Waals surface area contributed by atoms with Gasteiger partial charge in [0.1, 0.15) is 0 Å². The van der Waals surface area contributed by atoms with Gasteiger partial charge < -0.3 is 5.32 Å². The fourth-order valence-corrected chi connectivity index (χ4v) is 2.13. The van der Waals surface area contributed by atoms with E-state index in [9.17, 15) is 4.21 Å². The molecular formula is C10H23NOS2. The highest BCUT2D eigenvalue weighted by Crippen LogP contribution is 2.00. The normalized spacial score (nSPS) is 15.4. The molecule has 0 aromatic heterocycles. The highest BCUT2D eigenvalue weighted by Gasteiger charge is 2.04. The third-order valence-electron chi connectivity index (χ3n) is 2.14. The SMILES string of the molecule is CCSCCCNCCC(C)S(C)=O. The molecule has 0 spiro atoms. The number of hydrogen-bond acceptors (Lipinski definition) is 3.